The van der Waals surface area contributed by atoms with E-state index in [1.54, 1.807) is 4.90 Å². The SMILES string of the molecule is CN(CCOCC1CC1)C(=O)CC1COCCN1.Cl. The second kappa shape index (κ2) is 8.74. The highest BCUT2D eigenvalue weighted by Crippen LogP contribution is 2.28. The van der Waals surface area contributed by atoms with Crippen LogP contribution in [0.4, 0.5) is 0 Å². The molecule has 1 unspecified atom stereocenters. The minimum Gasteiger partial charge on any atom is -0.379 e. The molecule has 2 aliphatic rings. The number of nitrogens with zero attached hydrogens (tertiary/aromatic N) is 1. The summed E-state index contributed by atoms with van der Waals surface area (Å²) in [6.45, 7) is 4.41. The third-order valence-corrected chi connectivity index (χ3v) is 3.47. The number of morpholine rings is 1. The molecule has 19 heavy (non-hydrogen) atoms. The van der Waals surface area contributed by atoms with E-state index in [9.17, 15) is 4.79 Å². The second-order valence-electron chi connectivity index (χ2n) is 5.26. The van der Waals surface area contributed by atoms with Crippen molar-refractivity contribution >= 4 is 18.3 Å². The van der Waals surface area contributed by atoms with Crippen LogP contribution in [-0.2, 0) is 14.3 Å². The van der Waals surface area contributed by atoms with E-state index < -0.39 is 0 Å². The lowest BCUT2D eigenvalue weighted by Gasteiger charge is -2.25. The standard InChI is InChI=1S/C13H24N2O3.ClH/c1-15(5-7-18-9-11-2-3-11)13(16)8-12-10-17-6-4-14-12;/h11-12,14H,2-10H2,1H3;1H. The summed E-state index contributed by atoms with van der Waals surface area (Å²) in [5.41, 5.74) is 0. The van der Waals surface area contributed by atoms with Crippen LogP contribution in [0.3, 0.4) is 0 Å². The molecule has 0 aromatic heterocycles. The molecule has 1 amide bonds. The van der Waals surface area contributed by atoms with Crippen molar-refractivity contribution in [3.63, 3.8) is 0 Å². The molecular weight excluding hydrogens is 268 g/mol. The molecule has 1 heterocycles. The lowest BCUT2D eigenvalue weighted by atomic mass is 10.2. The molecule has 0 aromatic carbocycles. The molecule has 112 valence electrons. The largest absolute Gasteiger partial charge is 0.379 e. The van der Waals surface area contributed by atoms with Crippen molar-refractivity contribution in [2.75, 3.05) is 46.6 Å². The van der Waals surface area contributed by atoms with Crippen LogP contribution in [-0.4, -0.2) is 63.4 Å². The van der Waals surface area contributed by atoms with E-state index in [4.69, 9.17) is 9.47 Å². The van der Waals surface area contributed by atoms with Crippen LogP contribution >= 0.6 is 12.4 Å². The maximum Gasteiger partial charge on any atom is 0.224 e. The average Bonchev–Trinajstić information content (AvgIpc) is 3.19. The third kappa shape index (κ3) is 6.56. The van der Waals surface area contributed by atoms with E-state index in [0.29, 0.717) is 26.2 Å². The molecule has 5 nitrogen and oxygen atoms in total. The first kappa shape index (κ1) is 16.7. The maximum absolute atomic E-state index is 11.9. The van der Waals surface area contributed by atoms with Gasteiger partial charge in [-0.2, -0.15) is 0 Å². The summed E-state index contributed by atoms with van der Waals surface area (Å²) < 4.78 is 10.9. The predicted molar refractivity (Wildman–Crippen MR) is 75.7 cm³/mol. The van der Waals surface area contributed by atoms with Crippen LogP contribution in [0.2, 0.25) is 0 Å². The number of amides is 1. The van der Waals surface area contributed by atoms with Gasteiger partial charge < -0.3 is 19.7 Å². The number of carbonyl (C=O) groups excluding carboxylic acids is 1. The van der Waals surface area contributed by atoms with Gasteiger partial charge in [-0.25, -0.2) is 0 Å². The van der Waals surface area contributed by atoms with Gasteiger partial charge in [-0.15, -0.1) is 12.4 Å². The number of nitrogens with one attached hydrogen (secondary N) is 1. The van der Waals surface area contributed by atoms with Gasteiger partial charge in [-0.1, -0.05) is 0 Å². The summed E-state index contributed by atoms with van der Waals surface area (Å²) in [4.78, 5) is 13.7. The van der Waals surface area contributed by atoms with E-state index in [0.717, 1.165) is 25.7 Å². The normalized spacial score (nSPS) is 22.7. The van der Waals surface area contributed by atoms with Gasteiger partial charge in [-0.3, -0.25) is 4.79 Å². The minimum atomic E-state index is 0. The highest BCUT2D eigenvalue weighted by Gasteiger charge is 2.22. The summed E-state index contributed by atoms with van der Waals surface area (Å²) in [5.74, 6) is 0.947. The van der Waals surface area contributed by atoms with E-state index in [2.05, 4.69) is 5.32 Å². The van der Waals surface area contributed by atoms with Gasteiger partial charge in [0, 0.05) is 39.2 Å². The molecule has 1 atom stereocenters. The molecule has 0 radical (unpaired) electrons. The number of hydrogen-bond donors (Lipinski definition) is 1. The Morgan fingerprint density at radius 2 is 2.26 bits per heavy atom. The number of hydrogen-bond acceptors (Lipinski definition) is 4. The van der Waals surface area contributed by atoms with Crippen LogP contribution in [0.1, 0.15) is 19.3 Å². The molecule has 1 N–H and O–H groups in total. The summed E-state index contributed by atoms with van der Waals surface area (Å²) in [7, 11) is 1.84. The first-order chi connectivity index (χ1) is 8.75. The predicted octanol–water partition coefficient (Wildman–Crippen LogP) is 0.672. The number of rotatable bonds is 7. The monoisotopic (exact) mass is 292 g/mol. The molecule has 6 heteroatoms. The Balaban J connectivity index is 0.00000180. The highest BCUT2D eigenvalue weighted by atomic mass is 35.5. The average molecular weight is 293 g/mol. The van der Waals surface area contributed by atoms with Crippen molar-refractivity contribution in [3.8, 4) is 0 Å². The molecular formula is C13H25ClN2O3. The lowest BCUT2D eigenvalue weighted by molar-refractivity contribution is -0.131. The van der Waals surface area contributed by atoms with Crippen LogP contribution < -0.4 is 5.32 Å². The fourth-order valence-corrected chi connectivity index (χ4v) is 1.98. The number of carbonyl (C=O) groups is 1. The zero-order chi connectivity index (χ0) is 12.8. The molecule has 1 aliphatic heterocycles. The van der Waals surface area contributed by atoms with Crippen molar-refractivity contribution < 1.29 is 14.3 Å². The van der Waals surface area contributed by atoms with Gasteiger partial charge in [0.15, 0.2) is 0 Å². The molecule has 1 saturated carbocycles. The van der Waals surface area contributed by atoms with E-state index >= 15 is 0 Å². The third-order valence-electron chi connectivity index (χ3n) is 3.47. The van der Waals surface area contributed by atoms with Gasteiger partial charge in [-0.05, 0) is 18.8 Å². The Kier molecular flexibility index (Phi) is 7.68. The molecule has 2 fully saturated rings. The first-order valence-corrected chi connectivity index (χ1v) is 6.88. The first-order valence-electron chi connectivity index (χ1n) is 6.88. The van der Waals surface area contributed by atoms with E-state index in [1.807, 2.05) is 7.05 Å². The lowest BCUT2D eigenvalue weighted by Crippen LogP contribution is -2.44. The molecule has 1 saturated heterocycles. The van der Waals surface area contributed by atoms with Crippen LogP contribution in [0.15, 0.2) is 0 Å². The second-order valence-corrected chi connectivity index (χ2v) is 5.26. The quantitative estimate of drug-likeness (QED) is 0.701. The van der Waals surface area contributed by atoms with Crippen LogP contribution in [0, 0.1) is 5.92 Å². The topological polar surface area (TPSA) is 50.8 Å². The Hall–Kier alpha value is -0.360. The highest BCUT2D eigenvalue weighted by molar-refractivity contribution is 5.85. The molecule has 0 bridgehead atoms. The van der Waals surface area contributed by atoms with Gasteiger partial charge in [0.25, 0.3) is 0 Å². The number of ether oxygens (including phenoxy) is 2. The van der Waals surface area contributed by atoms with Gasteiger partial charge in [0.05, 0.1) is 19.8 Å². The summed E-state index contributed by atoms with van der Waals surface area (Å²) in [6.07, 6.45) is 3.13. The zero-order valence-corrected chi connectivity index (χ0v) is 12.4. The van der Waals surface area contributed by atoms with Gasteiger partial charge in [0.1, 0.15) is 0 Å². The van der Waals surface area contributed by atoms with E-state index in [1.165, 1.54) is 12.8 Å². The van der Waals surface area contributed by atoms with Crippen molar-refractivity contribution in [1.82, 2.24) is 10.2 Å². The zero-order valence-electron chi connectivity index (χ0n) is 11.6. The number of halogens is 1. The number of likely N-dealkylation sites (N-methyl/N-ethyl adjacent to an activating group) is 1. The van der Waals surface area contributed by atoms with Crippen molar-refractivity contribution in [3.05, 3.63) is 0 Å². The van der Waals surface area contributed by atoms with Crippen molar-refractivity contribution in [2.45, 2.75) is 25.3 Å². The fraction of sp³-hybridized carbons (Fsp3) is 0.923. The fourth-order valence-electron chi connectivity index (χ4n) is 1.98. The Morgan fingerprint density at radius 1 is 1.47 bits per heavy atom. The van der Waals surface area contributed by atoms with Gasteiger partial charge in [0.2, 0.25) is 5.91 Å². The molecule has 2 rings (SSSR count). The molecule has 1 aliphatic carbocycles. The van der Waals surface area contributed by atoms with E-state index in [-0.39, 0.29) is 24.4 Å². The summed E-state index contributed by atoms with van der Waals surface area (Å²) in [5, 5.41) is 3.29. The summed E-state index contributed by atoms with van der Waals surface area (Å²) in [6, 6.07) is 0.168. The minimum absolute atomic E-state index is 0. The van der Waals surface area contributed by atoms with Crippen molar-refractivity contribution in [2.24, 2.45) is 5.92 Å². The van der Waals surface area contributed by atoms with Crippen LogP contribution in [0.25, 0.3) is 0 Å². The maximum atomic E-state index is 11.9. The molecule has 0 spiro atoms. The Labute approximate surface area is 121 Å². The van der Waals surface area contributed by atoms with Gasteiger partial charge >= 0.3 is 0 Å². The smallest absolute Gasteiger partial charge is 0.224 e. The summed E-state index contributed by atoms with van der Waals surface area (Å²) >= 11 is 0. The molecule has 0 aromatic rings. The Morgan fingerprint density at radius 3 is 2.89 bits per heavy atom. The van der Waals surface area contributed by atoms with Crippen molar-refractivity contribution in [1.29, 1.82) is 0 Å². The van der Waals surface area contributed by atoms with Crippen LogP contribution in [0.5, 0.6) is 0 Å². The Bertz CT molecular complexity index is 269.